The maximum Gasteiger partial charge on any atom is 0.160 e. The largest absolute Gasteiger partial charge is 0.296 e. The van der Waals surface area contributed by atoms with Crippen LogP contribution in [0.2, 0.25) is 0 Å². The molecular formula is C56H39N5. The molecule has 0 saturated heterocycles. The van der Waals surface area contributed by atoms with Crippen molar-refractivity contribution in [2.75, 3.05) is 0 Å². The molecule has 5 nitrogen and oxygen atoms in total. The standard InChI is InChI=1S/C56H39N5/c1-2-52-60-55-51(61(52)45-21-10-5-11-22-45)34-33-47-46-23-12-13-24-48(46)57-54(53(47)55)41-29-25-38(26-30-41)39-27-31-42(32-28-39)56-58-49(40-17-8-4-9-18-40)36-50(59-56)44-20-14-19-43(35-44)37-15-6-3-7-16-37/h3-36H,2H2,1H3. The van der Waals surface area contributed by atoms with Crippen LogP contribution in [0.25, 0.3) is 106 Å². The van der Waals surface area contributed by atoms with E-state index >= 15 is 0 Å². The number of nitrogens with zero attached hydrogens (tertiary/aromatic N) is 5. The van der Waals surface area contributed by atoms with Gasteiger partial charge in [0.1, 0.15) is 5.82 Å². The summed E-state index contributed by atoms with van der Waals surface area (Å²) in [6.07, 6.45) is 0.809. The zero-order valence-electron chi connectivity index (χ0n) is 33.6. The van der Waals surface area contributed by atoms with Gasteiger partial charge in [-0.3, -0.25) is 4.57 Å². The molecule has 0 N–H and O–H groups in total. The molecule has 0 spiro atoms. The molecule has 5 heteroatoms. The number of imidazole rings is 1. The minimum absolute atomic E-state index is 0.685. The third kappa shape index (κ3) is 6.63. The van der Waals surface area contributed by atoms with Crippen LogP contribution in [0.3, 0.4) is 0 Å². The van der Waals surface area contributed by atoms with Crippen molar-refractivity contribution in [2.24, 2.45) is 0 Å². The molecule has 0 atom stereocenters. The van der Waals surface area contributed by atoms with E-state index in [1.54, 1.807) is 0 Å². The number of hydrogen-bond donors (Lipinski definition) is 0. The van der Waals surface area contributed by atoms with Gasteiger partial charge in [-0.2, -0.15) is 0 Å². The summed E-state index contributed by atoms with van der Waals surface area (Å²) >= 11 is 0. The average Bonchev–Trinajstić information content (AvgIpc) is 3.74. The van der Waals surface area contributed by atoms with Gasteiger partial charge in [0.25, 0.3) is 0 Å². The van der Waals surface area contributed by atoms with E-state index in [0.29, 0.717) is 5.82 Å². The van der Waals surface area contributed by atoms with Gasteiger partial charge in [-0.25, -0.2) is 19.9 Å². The number of fused-ring (bicyclic) bond motifs is 5. The van der Waals surface area contributed by atoms with Gasteiger partial charge in [-0.1, -0.05) is 177 Å². The van der Waals surface area contributed by atoms with E-state index in [9.17, 15) is 0 Å². The molecule has 0 radical (unpaired) electrons. The Morgan fingerprint density at radius 3 is 1.66 bits per heavy atom. The van der Waals surface area contributed by atoms with Crippen molar-refractivity contribution >= 4 is 32.7 Å². The molecule has 11 aromatic rings. The molecule has 0 bridgehead atoms. The van der Waals surface area contributed by atoms with Crippen molar-refractivity contribution in [1.82, 2.24) is 24.5 Å². The monoisotopic (exact) mass is 781 g/mol. The fourth-order valence-electron chi connectivity index (χ4n) is 8.54. The van der Waals surface area contributed by atoms with Crippen LogP contribution < -0.4 is 0 Å². The third-order valence-corrected chi connectivity index (χ3v) is 11.6. The van der Waals surface area contributed by atoms with E-state index in [2.05, 4.69) is 193 Å². The van der Waals surface area contributed by atoms with E-state index in [-0.39, 0.29) is 0 Å². The first-order valence-corrected chi connectivity index (χ1v) is 20.8. The van der Waals surface area contributed by atoms with Gasteiger partial charge in [0.2, 0.25) is 0 Å². The summed E-state index contributed by atoms with van der Waals surface area (Å²) in [7, 11) is 0. The van der Waals surface area contributed by atoms with Crippen molar-refractivity contribution in [2.45, 2.75) is 13.3 Å². The SMILES string of the molecule is CCc1nc2c3c(-c4ccc(-c5ccc(-c6nc(-c7ccccc7)cc(-c7cccc(-c8ccccc8)c7)n6)cc5)cc4)nc4ccccc4c3ccc2n1-c1ccccc1. The summed E-state index contributed by atoms with van der Waals surface area (Å²) in [5, 5.41) is 3.35. The zero-order valence-corrected chi connectivity index (χ0v) is 33.6. The Hall–Kier alpha value is -8.02. The van der Waals surface area contributed by atoms with Crippen LogP contribution in [0, 0.1) is 0 Å². The van der Waals surface area contributed by atoms with Crippen LogP contribution in [0.15, 0.2) is 206 Å². The maximum atomic E-state index is 5.32. The van der Waals surface area contributed by atoms with Crippen LogP contribution in [-0.4, -0.2) is 24.5 Å². The highest BCUT2D eigenvalue weighted by Gasteiger charge is 2.20. The maximum absolute atomic E-state index is 5.32. The van der Waals surface area contributed by atoms with Crippen molar-refractivity contribution in [3.63, 3.8) is 0 Å². The number of benzene rings is 8. The Kier molecular flexibility index (Phi) is 9.05. The molecule has 0 amide bonds. The second-order valence-electron chi connectivity index (χ2n) is 15.3. The number of para-hydroxylation sites is 2. The van der Waals surface area contributed by atoms with Crippen molar-refractivity contribution in [1.29, 1.82) is 0 Å². The molecule has 0 fully saturated rings. The smallest absolute Gasteiger partial charge is 0.160 e. The highest BCUT2D eigenvalue weighted by molar-refractivity contribution is 6.20. The number of aromatic nitrogens is 5. The lowest BCUT2D eigenvalue weighted by molar-refractivity contribution is 0.908. The van der Waals surface area contributed by atoms with Crippen LogP contribution >= 0.6 is 0 Å². The van der Waals surface area contributed by atoms with Crippen LogP contribution in [0.5, 0.6) is 0 Å². The second-order valence-corrected chi connectivity index (χ2v) is 15.3. The molecule has 11 rings (SSSR count). The quantitative estimate of drug-likeness (QED) is 0.144. The Morgan fingerprint density at radius 1 is 0.393 bits per heavy atom. The van der Waals surface area contributed by atoms with Gasteiger partial charge in [0.15, 0.2) is 5.82 Å². The Morgan fingerprint density at radius 2 is 0.951 bits per heavy atom. The van der Waals surface area contributed by atoms with Crippen molar-refractivity contribution < 1.29 is 0 Å². The number of aryl methyl sites for hydroxylation is 1. The topological polar surface area (TPSA) is 56.5 Å². The summed E-state index contributed by atoms with van der Waals surface area (Å²) < 4.78 is 2.29. The van der Waals surface area contributed by atoms with Crippen LogP contribution in [-0.2, 0) is 6.42 Å². The van der Waals surface area contributed by atoms with E-state index < -0.39 is 0 Å². The van der Waals surface area contributed by atoms with Gasteiger partial charge in [0, 0.05) is 45.1 Å². The molecule has 0 saturated carbocycles. The predicted octanol–water partition coefficient (Wildman–Crippen LogP) is 14.1. The van der Waals surface area contributed by atoms with E-state index in [0.717, 1.165) is 107 Å². The third-order valence-electron chi connectivity index (χ3n) is 11.6. The summed E-state index contributed by atoms with van der Waals surface area (Å²) in [6, 6.07) is 72.2. The van der Waals surface area contributed by atoms with E-state index in [1.165, 1.54) is 5.56 Å². The normalized spacial score (nSPS) is 11.4. The molecule has 61 heavy (non-hydrogen) atoms. The summed E-state index contributed by atoms with van der Waals surface area (Å²) in [5.41, 5.74) is 15.5. The van der Waals surface area contributed by atoms with Crippen LogP contribution in [0.4, 0.5) is 0 Å². The molecule has 288 valence electrons. The molecular weight excluding hydrogens is 743 g/mol. The molecule has 3 aromatic heterocycles. The Labute approximate surface area is 354 Å². The minimum atomic E-state index is 0.685. The summed E-state index contributed by atoms with van der Waals surface area (Å²) in [6.45, 7) is 2.17. The van der Waals surface area contributed by atoms with E-state index in [4.69, 9.17) is 19.9 Å². The second kappa shape index (κ2) is 15.3. The average molecular weight is 782 g/mol. The Bertz CT molecular complexity index is 3360. The molecule has 0 aliphatic heterocycles. The lowest BCUT2D eigenvalue weighted by Gasteiger charge is -2.13. The van der Waals surface area contributed by atoms with Gasteiger partial charge in [-0.05, 0) is 64.0 Å². The number of pyridine rings is 1. The first-order valence-electron chi connectivity index (χ1n) is 20.8. The fraction of sp³-hybridized carbons (Fsp3) is 0.0357. The van der Waals surface area contributed by atoms with Crippen molar-refractivity contribution in [3.05, 3.63) is 212 Å². The fourth-order valence-corrected chi connectivity index (χ4v) is 8.54. The zero-order chi connectivity index (χ0) is 40.7. The van der Waals surface area contributed by atoms with Crippen LogP contribution in [0.1, 0.15) is 12.7 Å². The lowest BCUT2D eigenvalue weighted by atomic mass is 9.96. The van der Waals surface area contributed by atoms with E-state index in [1.807, 2.05) is 24.3 Å². The summed E-state index contributed by atoms with van der Waals surface area (Å²) in [5.74, 6) is 1.71. The molecule has 0 aliphatic rings. The first kappa shape index (κ1) is 36.1. The van der Waals surface area contributed by atoms with Gasteiger partial charge < -0.3 is 0 Å². The van der Waals surface area contributed by atoms with Gasteiger partial charge in [-0.15, -0.1) is 0 Å². The Balaban J connectivity index is 0.970. The molecule has 3 heterocycles. The van der Waals surface area contributed by atoms with Gasteiger partial charge in [0.05, 0.1) is 33.6 Å². The number of hydrogen-bond acceptors (Lipinski definition) is 4. The van der Waals surface area contributed by atoms with Gasteiger partial charge >= 0.3 is 0 Å². The summed E-state index contributed by atoms with van der Waals surface area (Å²) in [4.78, 5) is 20.9. The first-order chi connectivity index (χ1) is 30.2. The molecule has 0 aliphatic carbocycles. The number of rotatable bonds is 8. The highest BCUT2D eigenvalue weighted by Crippen LogP contribution is 2.39. The highest BCUT2D eigenvalue weighted by atomic mass is 15.1. The molecule has 8 aromatic carbocycles. The predicted molar refractivity (Wildman–Crippen MR) is 251 cm³/mol. The minimum Gasteiger partial charge on any atom is -0.296 e. The molecule has 0 unspecified atom stereocenters. The van der Waals surface area contributed by atoms with Crippen molar-refractivity contribution in [3.8, 4) is 73.1 Å². The lowest BCUT2D eigenvalue weighted by Crippen LogP contribution is -1.99.